The van der Waals surface area contributed by atoms with Crippen LogP contribution in [-0.2, 0) is 9.47 Å². The number of hydrogen-bond donors (Lipinski definition) is 1. The molecule has 0 aliphatic rings. The van der Waals surface area contributed by atoms with E-state index in [0.717, 1.165) is 45.7 Å². The molecule has 2 N–H and O–H groups in total. The molecule has 0 aromatic rings. The first-order valence-corrected chi connectivity index (χ1v) is 5.60. The molecule has 0 bridgehead atoms. The molecule has 0 fully saturated rings. The maximum absolute atomic E-state index is 5.47. The largest absolute Gasteiger partial charge is 0.393 e. The fourth-order valence-corrected chi connectivity index (χ4v) is 1.35. The fraction of sp³-hybridized carbons (Fsp3) is 0.900. The summed E-state index contributed by atoms with van der Waals surface area (Å²) in [6, 6.07) is 0. The van der Waals surface area contributed by atoms with Crippen LogP contribution in [0.15, 0.2) is 0 Å². The van der Waals surface area contributed by atoms with Crippen LogP contribution in [0.4, 0.5) is 0 Å². The molecule has 0 saturated carbocycles. The average Bonchev–Trinajstić information content (AvgIpc) is 2.21. The van der Waals surface area contributed by atoms with E-state index < -0.39 is 0 Å². The minimum atomic E-state index is 0.573. The van der Waals surface area contributed by atoms with Crippen LogP contribution in [0.1, 0.15) is 12.8 Å². The predicted octanol–water partition coefficient (Wildman–Crippen LogP) is 0.648. The summed E-state index contributed by atoms with van der Waals surface area (Å²) >= 11 is 4.86. The highest BCUT2D eigenvalue weighted by Crippen LogP contribution is 1.95. The van der Waals surface area contributed by atoms with E-state index >= 15 is 0 Å². The monoisotopic (exact) mass is 234 g/mol. The summed E-state index contributed by atoms with van der Waals surface area (Å²) in [7, 11) is 3.43. The van der Waals surface area contributed by atoms with Crippen LogP contribution < -0.4 is 5.73 Å². The quantitative estimate of drug-likeness (QED) is 0.444. The smallest absolute Gasteiger partial charge is 0.0740 e. The summed E-state index contributed by atoms with van der Waals surface area (Å²) in [5.74, 6) is 0. The zero-order valence-electron chi connectivity index (χ0n) is 9.70. The molecule has 0 saturated heterocycles. The Kier molecular flexibility index (Phi) is 10.1. The van der Waals surface area contributed by atoms with Crippen molar-refractivity contribution < 1.29 is 9.47 Å². The van der Waals surface area contributed by atoms with Crippen molar-refractivity contribution in [2.24, 2.45) is 5.73 Å². The number of methoxy groups -OCH3 is 2. The van der Waals surface area contributed by atoms with Gasteiger partial charge in [-0.2, -0.15) is 0 Å². The van der Waals surface area contributed by atoms with Gasteiger partial charge in [-0.15, -0.1) is 0 Å². The number of hydrogen-bond acceptors (Lipinski definition) is 4. The molecule has 90 valence electrons. The molecule has 0 unspecified atom stereocenters. The maximum Gasteiger partial charge on any atom is 0.0740 e. The molecule has 15 heavy (non-hydrogen) atoms. The molecule has 5 heteroatoms. The highest BCUT2D eigenvalue weighted by atomic mass is 32.1. The molecule has 0 aliphatic carbocycles. The van der Waals surface area contributed by atoms with Crippen LogP contribution in [0.5, 0.6) is 0 Å². The summed E-state index contributed by atoms with van der Waals surface area (Å²) in [5, 5.41) is 0. The van der Waals surface area contributed by atoms with Gasteiger partial charge in [-0.25, -0.2) is 0 Å². The molecular formula is C10H22N2O2S. The van der Waals surface area contributed by atoms with Gasteiger partial charge in [-0.3, -0.25) is 0 Å². The first-order valence-electron chi connectivity index (χ1n) is 5.19. The standard InChI is InChI=1S/C10H22N2O2S/c1-13-8-3-5-12(7-9-14-2)6-4-10(11)15/h3-9H2,1-2H3,(H2,11,15). The van der Waals surface area contributed by atoms with Gasteiger partial charge in [0.15, 0.2) is 0 Å². The molecule has 0 atom stereocenters. The van der Waals surface area contributed by atoms with E-state index in [4.69, 9.17) is 27.4 Å². The molecule has 0 spiro atoms. The summed E-state index contributed by atoms with van der Waals surface area (Å²) in [6.45, 7) is 4.35. The zero-order chi connectivity index (χ0) is 11.5. The normalized spacial score (nSPS) is 10.9. The van der Waals surface area contributed by atoms with Crippen molar-refractivity contribution in [3.8, 4) is 0 Å². The van der Waals surface area contributed by atoms with E-state index in [2.05, 4.69) is 4.90 Å². The zero-order valence-corrected chi connectivity index (χ0v) is 10.5. The minimum absolute atomic E-state index is 0.573. The Morgan fingerprint density at radius 1 is 1.13 bits per heavy atom. The molecule has 0 aromatic heterocycles. The second-order valence-corrected chi connectivity index (χ2v) is 3.92. The van der Waals surface area contributed by atoms with E-state index in [-0.39, 0.29) is 0 Å². The van der Waals surface area contributed by atoms with Gasteiger partial charge in [0.05, 0.1) is 11.6 Å². The van der Waals surface area contributed by atoms with E-state index in [1.165, 1.54) is 0 Å². The van der Waals surface area contributed by atoms with Crippen molar-refractivity contribution in [2.45, 2.75) is 12.8 Å². The van der Waals surface area contributed by atoms with Crippen molar-refractivity contribution in [2.75, 3.05) is 47.1 Å². The number of ether oxygens (including phenoxy) is 2. The Bertz CT molecular complexity index is 168. The Balaban J connectivity index is 3.67. The minimum Gasteiger partial charge on any atom is -0.393 e. The lowest BCUT2D eigenvalue weighted by molar-refractivity contribution is 0.134. The molecule has 0 radical (unpaired) electrons. The fourth-order valence-electron chi connectivity index (χ4n) is 1.26. The number of rotatable bonds is 10. The summed E-state index contributed by atoms with van der Waals surface area (Å²) in [6.07, 6.45) is 1.80. The van der Waals surface area contributed by atoms with Gasteiger partial charge >= 0.3 is 0 Å². The van der Waals surface area contributed by atoms with Crippen molar-refractivity contribution in [1.82, 2.24) is 4.90 Å². The third-order valence-corrected chi connectivity index (χ3v) is 2.31. The Morgan fingerprint density at radius 2 is 1.80 bits per heavy atom. The van der Waals surface area contributed by atoms with Crippen molar-refractivity contribution in [3.05, 3.63) is 0 Å². The van der Waals surface area contributed by atoms with Crippen LogP contribution in [0.25, 0.3) is 0 Å². The average molecular weight is 234 g/mol. The lowest BCUT2D eigenvalue weighted by atomic mass is 10.3. The molecule has 0 aromatic carbocycles. The lowest BCUT2D eigenvalue weighted by Crippen LogP contribution is -2.32. The topological polar surface area (TPSA) is 47.7 Å². The Hall–Kier alpha value is -0.230. The van der Waals surface area contributed by atoms with Gasteiger partial charge in [0.25, 0.3) is 0 Å². The van der Waals surface area contributed by atoms with Gasteiger partial charge in [-0.1, -0.05) is 12.2 Å². The summed E-state index contributed by atoms with van der Waals surface area (Å²) < 4.78 is 10.1. The number of nitrogens with zero attached hydrogens (tertiary/aromatic N) is 1. The first-order chi connectivity index (χ1) is 7.20. The molecule has 0 rings (SSSR count). The SMILES string of the molecule is COCCCN(CCOC)CCC(N)=S. The summed E-state index contributed by atoms with van der Waals surface area (Å²) in [4.78, 5) is 2.87. The van der Waals surface area contributed by atoms with Crippen LogP contribution in [-0.4, -0.2) is 57.0 Å². The maximum atomic E-state index is 5.47. The van der Waals surface area contributed by atoms with Crippen molar-refractivity contribution >= 4 is 17.2 Å². The lowest BCUT2D eigenvalue weighted by Gasteiger charge is -2.21. The first kappa shape index (κ1) is 14.8. The molecule has 4 nitrogen and oxygen atoms in total. The third kappa shape index (κ3) is 10.1. The van der Waals surface area contributed by atoms with Gasteiger partial charge < -0.3 is 20.1 Å². The van der Waals surface area contributed by atoms with E-state index in [1.807, 2.05) is 0 Å². The van der Waals surface area contributed by atoms with Gasteiger partial charge in [0.2, 0.25) is 0 Å². The van der Waals surface area contributed by atoms with Crippen molar-refractivity contribution in [1.29, 1.82) is 0 Å². The second-order valence-electron chi connectivity index (χ2n) is 3.40. The van der Waals surface area contributed by atoms with Gasteiger partial charge in [0.1, 0.15) is 0 Å². The van der Waals surface area contributed by atoms with Crippen LogP contribution in [0, 0.1) is 0 Å². The van der Waals surface area contributed by atoms with E-state index in [1.54, 1.807) is 14.2 Å². The number of nitrogens with two attached hydrogens (primary N) is 1. The highest BCUT2D eigenvalue weighted by Gasteiger charge is 2.04. The van der Waals surface area contributed by atoms with E-state index in [0.29, 0.717) is 4.99 Å². The third-order valence-electron chi connectivity index (χ3n) is 2.11. The van der Waals surface area contributed by atoms with Gasteiger partial charge in [0, 0.05) is 46.9 Å². The van der Waals surface area contributed by atoms with Crippen LogP contribution in [0.2, 0.25) is 0 Å². The van der Waals surface area contributed by atoms with Gasteiger partial charge in [-0.05, 0) is 6.42 Å². The molecule has 0 heterocycles. The highest BCUT2D eigenvalue weighted by molar-refractivity contribution is 7.80. The Morgan fingerprint density at radius 3 is 2.33 bits per heavy atom. The second kappa shape index (κ2) is 10.3. The van der Waals surface area contributed by atoms with E-state index in [9.17, 15) is 0 Å². The molecule has 0 aliphatic heterocycles. The van der Waals surface area contributed by atoms with Crippen LogP contribution in [0.3, 0.4) is 0 Å². The Labute approximate surface area is 97.7 Å². The van der Waals surface area contributed by atoms with Crippen LogP contribution >= 0.6 is 12.2 Å². The van der Waals surface area contributed by atoms with Crippen molar-refractivity contribution in [3.63, 3.8) is 0 Å². The molecule has 0 amide bonds. The summed E-state index contributed by atoms with van der Waals surface area (Å²) in [5.41, 5.74) is 5.47. The number of thiocarbonyl (C=S) groups is 1. The predicted molar refractivity (Wildman–Crippen MR) is 66.2 cm³/mol. The molecular weight excluding hydrogens is 212 g/mol.